The molecule has 0 unspecified atom stereocenters. The number of carbonyl (C=O) groups excluding carboxylic acids is 1. The van der Waals surface area contributed by atoms with Crippen molar-refractivity contribution in [3.8, 4) is 0 Å². The van der Waals surface area contributed by atoms with Crippen LogP contribution < -0.4 is 0 Å². The lowest BCUT2D eigenvalue weighted by Crippen LogP contribution is -2.04. The fourth-order valence-corrected chi connectivity index (χ4v) is 1.33. The fraction of sp³-hybridized carbons (Fsp3) is 0.750. The highest BCUT2D eigenvalue weighted by atomic mass is 16.3. The van der Waals surface area contributed by atoms with E-state index in [1.165, 1.54) is 12.8 Å². The number of rotatable bonds is 1. The second-order valence-electron chi connectivity index (χ2n) is 2.70. The van der Waals surface area contributed by atoms with Gasteiger partial charge in [-0.3, -0.25) is 9.59 Å². The Balaban J connectivity index is 0.000000292. The molecule has 1 rings (SSSR count). The molecule has 0 spiro atoms. The topological polar surface area (TPSA) is 54.4 Å². The van der Waals surface area contributed by atoms with Crippen LogP contribution in [0.2, 0.25) is 0 Å². The van der Waals surface area contributed by atoms with Gasteiger partial charge in [-0.1, -0.05) is 12.8 Å². The van der Waals surface area contributed by atoms with E-state index in [2.05, 4.69) is 0 Å². The first-order chi connectivity index (χ1) is 5.22. The molecule has 64 valence electrons. The lowest BCUT2D eigenvalue weighted by atomic mass is 10.0. The van der Waals surface area contributed by atoms with Gasteiger partial charge in [-0.25, -0.2) is 0 Å². The number of ketones is 1. The molecule has 1 aliphatic rings. The second-order valence-corrected chi connectivity index (χ2v) is 2.70. The smallest absolute Gasteiger partial charge is 0.290 e. The van der Waals surface area contributed by atoms with Crippen molar-refractivity contribution in [1.29, 1.82) is 0 Å². The van der Waals surface area contributed by atoms with Crippen LogP contribution in [0.5, 0.6) is 0 Å². The maximum absolute atomic E-state index is 10.6. The van der Waals surface area contributed by atoms with Crippen molar-refractivity contribution < 1.29 is 14.7 Å². The van der Waals surface area contributed by atoms with Gasteiger partial charge >= 0.3 is 0 Å². The molecule has 0 aromatic rings. The lowest BCUT2D eigenvalue weighted by Gasteiger charge is -1.99. The molecule has 3 heteroatoms. The van der Waals surface area contributed by atoms with Crippen molar-refractivity contribution in [3.63, 3.8) is 0 Å². The third kappa shape index (κ3) is 4.53. The van der Waals surface area contributed by atoms with E-state index < -0.39 is 0 Å². The van der Waals surface area contributed by atoms with Gasteiger partial charge in [-0.15, -0.1) is 0 Å². The summed E-state index contributed by atoms with van der Waals surface area (Å²) >= 11 is 0. The number of hydrogen-bond acceptors (Lipinski definition) is 2. The predicted octanol–water partition coefficient (Wildman–Crippen LogP) is 1.47. The summed E-state index contributed by atoms with van der Waals surface area (Å²) < 4.78 is 0. The summed E-state index contributed by atoms with van der Waals surface area (Å²) in [6, 6.07) is 0. The van der Waals surface area contributed by atoms with Crippen LogP contribution in [0.3, 0.4) is 0 Å². The summed E-state index contributed by atoms with van der Waals surface area (Å²) in [4.78, 5) is 19.0. The molecule has 11 heavy (non-hydrogen) atoms. The Bertz CT molecular complexity index is 125. The lowest BCUT2D eigenvalue weighted by molar-refractivity contribution is -0.123. The Labute approximate surface area is 66.4 Å². The molecule has 0 atom stereocenters. The minimum absolute atomic E-state index is 0.250. The highest BCUT2D eigenvalue weighted by Crippen LogP contribution is 2.24. The van der Waals surface area contributed by atoms with E-state index in [9.17, 15) is 4.79 Å². The third-order valence-corrected chi connectivity index (χ3v) is 1.93. The van der Waals surface area contributed by atoms with Crippen LogP contribution in [0.1, 0.15) is 32.6 Å². The molecular formula is C8H14O3. The monoisotopic (exact) mass is 158 g/mol. The van der Waals surface area contributed by atoms with Gasteiger partial charge in [0.15, 0.2) is 0 Å². The predicted molar refractivity (Wildman–Crippen MR) is 41.3 cm³/mol. The molecule has 1 N–H and O–H groups in total. The van der Waals surface area contributed by atoms with Crippen LogP contribution in [0.4, 0.5) is 0 Å². The highest BCUT2D eigenvalue weighted by Gasteiger charge is 2.18. The normalized spacial score (nSPS) is 16.8. The molecule has 3 nitrogen and oxygen atoms in total. The van der Waals surface area contributed by atoms with Gasteiger partial charge in [-0.2, -0.15) is 0 Å². The van der Waals surface area contributed by atoms with Crippen molar-refractivity contribution in [2.75, 3.05) is 0 Å². The first-order valence-electron chi connectivity index (χ1n) is 3.80. The van der Waals surface area contributed by atoms with Gasteiger partial charge in [-0.05, 0) is 19.8 Å². The zero-order valence-corrected chi connectivity index (χ0v) is 6.75. The Morgan fingerprint density at radius 2 is 1.82 bits per heavy atom. The summed E-state index contributed by atoms with van der Waals surface area (Å²) in [7, 11) is 0. The molecule has 0 radical (unpaired) electrons. The molecule has 0 aromatic heterocycles. The van der Waals surface area contributed by atoms with E-state index in [1.807, 2.05) is 0 Å². The molecule has 1 aliphatic carbocycles. The van der Waals surface area contributed by atoms with Crippen LogP contribution in [0, 0.1) is 5.92 Å². The molecule has 1 fully saturated rings. The van der Waals surface area contributed by atoms with Crippen LogP contribution in [-0.2, 0) is 9.59 Å². The number of carboxylic acid groups (broad SMARTS) is 1. The van der Waals surface area contributed by atoms with Crippen molar-refractivity contribution >= 4 is 12.3 Å². The minimum Gasteiger partial charge on any atom is -0.483 e. The molecule has 0 aliphatic heterocycles. The molecular weight excluding hydrogens is 144 g/mol. The van der Waals surface area contributed by atoms with Crippen molar-refractivity contribution in [3.05, 3.63) is 0 Å². The Kier molecular flexibility index (Phi) is 5.43. The molecule has 0 aromatic carbocycles. The molecule has 0 saturated heterocycles. The number of carbonyl (C=O) groups is 2. The van der Waals surface area contributed by atoms with Crippen molar-refractivity contribution in [2.24, 2.45) is 5.92 Å². The first kappa shape index (κ1) is 10.1. The van der Waals surface area contributed by atoms with Gasteiger partial charge in [0.05, 0.1) is 0 Å². The molecule has 1 saturated carbocycles. The average Bonchev–Trinajstić information content (AvgIpc) is 2.38. The zero-order valence-electron chi connectivity index (χ0n) is 6.75. The Morgan fingerprint density at radius 1 is 1.45 bits per heavy atom. The van der Waals surface area contributed by atoms with Crippen LogP contribution in [0.25, 0.3) is 0 Å². The molecule has 0 amide bonds. The largest absolute Gasteiger partial charge is 0.483 e. The van der Waals surface area contributed by atoms with Crippen LogP contribution >= 0.6 is 0 Å². The average molecular weight is 158 g/mol. The zero-order chi connectivity index (χ0) is 8.69. The van der Waals surface area contributed by atoms with Gasteiger partial charge in [0.1, 0.15) is 5.78 Å². The second kappa shape index (κ2) is 5.89. The van der Waals surface area contributed by atoms with Gasteiger partial charge in [0, 0.05) is 5.92 Å². The van der Waals surface area contributed by atoms with Crippen molar-refractivity contribution in [2.45, 2.75) is 32.6 Å². The van der Waals surface area contributed by atoms with Gasteiger partial charge < -0.3 is 5.11 Å². The van der Waals surface area contributed by atoms with Crippen LogP contribution in [0.15, 0.2) is 0 Å². The quantitative estimate of drug-likeness (QED) is 0.588. The van der Waals surface area contributed by atoms with Crippen molar-refractivity contribution in [1.82, 2.24) is 0 Å². The summed E-state index contributed by atoms with van der Waals surface area (Å²) in [6.45, 7) is 1.45. The maximum atomic E-state index is 10.6. The van der Waals surface area contributed by atoms with Gasteiger partial charge in [0.25, 0.3) is 6.47 Å². The standard InChI is InChI=1S/C7H12O.CH2O2/c1-6(8)7-4-2-3-5-7;2-1-3/h7H,2-5H2,1H3;1H,(H,2,3). The maximum Gasteiger partial charge on any atom is 0.290 e. The first-order valence-corrected chi connectivity index (χ1v) is 3.80. The van der Waals surface area contributed by atoms with Crippen LogP contribution in [-0.4, -0.2) is 17.4 Å². The summed E-state index contributed by atoms with van der Waals surface area (Å²) in [5.41, 5.74) is 0. The minimum atomic E-state index is -0.250. The van der Waals surface area contributed by atoms with Gasteiger partial charge in [0.2, 0.25) is 0 Å². The summed E-state index contributed by atoms with van der Waals surface area (Å²) in [5, 5.41) is 6.89. The Morgan fingerprint density at radius 3 is 2.00 bits per heavy atom. The van der Waals surface area contributed by atoms with E-state index in [-0.39, 0.29) is 6.47 Å². The fourth-order valence-electron chi connectivity index (χ4n) is 1.33. The highest BCUT2D eigenvalue weighted by molar-refractivity contribution is 5.78. The van der Waals surface area contributed by atoms with E-state index in [1.54, 1.807) is 6.92 Å². The number of hydrogen-bond donors (Lipinski definition) is 1. The van der Waals surface area contributed by atoms with E-state index >= 15 is 0 Å². The third-order valence-electron chi connectivity index (χ3n) is 1.93. The SMILES string of the molecule is CC(=O)C1CCCC1.O=CO. The summed E-state index contributed by atoms with van der Waals surface area (Å²) in [6.07, 6.45) is 4.83. The Hall–Kier alpha value is -0.860. The van der Waals surface area contributed by atoms with E-state index in [4.69, 9.17) is 9.90 Å². The van der Waals surface area contributed by atoms with E-state index in [0.717, 1.165) is 12.8 Å². The molecule has 0 heterocycles. The van der Waals surface area contributed by atoms with E-state index in [0.29, 0.717) is 11.7 Å². The number of Topliss-reactive ketones (excluding diaryl/α,β-unsaturated/α-hetero) is 1. The molecule has 0 bridgehead atoms. The summed E-state index contributed by atoms with van der Waals surface area (Å²) in [5.74, 6) is 0.817.